The maximum atomic E-state index is 4.67. The topological polar surface area (TPSA) is 29.9 Å². The van der Waals surface area contributed by atoms with Gasteiger partial charge >= 0.3 is 0 Å². The Kier molecular flexibility index (Phi) is 3.74. The molecule has 2 aliphatic heterocycles. The van der Waals surface area contributed by atoms with E-state index < -0.39 is 0 Å². The van der Waals surface area contributed by atoms with Crippen molar-refractivity contribution >= 4 is 12.4 Å². The minimum absolute atomic E-state index is 0. The van der Waals surface area contributed by atoms with Crippen LogP contribution in [-0.2, 0) is 6.54 Å². The molecule has 108 valence electrons. The molecule has 0 aromatic carbocycles. The van der Waals surface area contributed by atoms with Gasteiger partial charge in [-0.3, -0.25) is 0 Å². The van der Waals surface area contributed by atoms with Crippen molar-refractivity contribution in [2.24, 2.45) is 0 Å². The van der Waals surface area contributed by atoms with Crippen molar-refractivity contribution in [3.8, 4) is 11.3 Å². The van der Waals surface area contributed by atoms with Crippen molar-refractivity contribution in [1.29, 1.82) is 0 Å². The Bertz CT molecular complexity index is 577. The first-order chi connectivity index (χ1) is 9.36. The lowest BCUT2D eigenvalue weighted by Crippen LogP contribution is -2.29. The molecule has 1 N–H and O–H groups in total. The predicted octanol–water partition coefficient (Wildman–Crippen LogP) is 3.38. The number of nitrogens with one attached hydrogen (secondary N) is 1. The monoisotopic (exact) mass is 291 g/mol. The minimum atomic E-state index is 0. The van der Waals surface area contributed by atoms with Crippen LogP contribution in [0.5, 0.6) is 0 Å². The fraction of sp³-hybridized carbons (Fsp3) is 0.562. The zero-order chi connectivity index (χ0) is 12.8. The van der Waals surface area contributed by atoms with Crippen LogP contribution in [0.2, 0.25) is 0 Å². The van der Waals surface area contributed by atoms with E-state index in [4.69, 9.17) is 0 Å². The van der Waals surface area contributed by atoms with Gasteiger partial charge in [0, 0.05) is 31.4 Å². The molecular formula is C16H22ClN3. The smallest absolute Gasteiger partial charge is 0.0952 e. The molecule has 20 heavy (non-hydrogen) atoms. The van der Waals surface area contributed by atoms with E-state index in [0.717, 1.165) is 31.5 Å². The van der Waals surface area contributed by atoms with Gasteiger partial charge in [0.1, 0.15) is 0 Å². The Morgan fingerprint density at radius 1 is 1.35 bits per heavy atom. The van der Waals surface area contributed by atoms with Crippen LogP contribution < -0.4 is 5.32 Å². The molecule has 0 aromatic heterocycles. The van der Waals surface area contributed by atoms with Crippen LogP contribution >= 0.6 is 12.4 Å². The van der Waals surface area contributed by atoms with Gasteiger partial charge in [0.05, 0.1) is 12.0 Å². The fourth-order valence-electron chi connectivity index (χ4n) is 3.83. The van der Waals surface area contributed by atoms with Crippen molar-refractivity contribution in [2.75, 3.05) is 13.1 Å². The minimum Gasteiger partial charge on any atom is -0.338 e. The molecule has 1 fully saturated rings. The van der Waals surface area contributed by atoms with Gasteiger partial charge in [0.15, 0.2) is 0 Å². The highest BCUT2D eigenvalue weighted by Gasteiger charge is 2.38. The van der Waals surface area contributed by atoms with Gasteiger partial charge in [-0.2, -0.15) is 0 Å². The summed E-state index contributed by atoms with van der Waals surface area (Å²) >= 11 is 0. The summed E-state index contributed by atoms with van der Waals surface area (Å²) in [5.41, 5.74) is 5.79. The van der Waals surface area contributed by atoms with Crippen LogP contribution in [-0.4, -0.2) is 22.6 Å². The van der Waals surface area contributed by atoms with Crippen molar-refractivity contribution in [3.63, 3.8) is 0 Å². The predicted molar refractivity (Wildman–Crippen MR) is 84.0 cm³/mol. The van der Waals surface area contributed by atoms with Crippen LogP contribution in [0.1, 0.15) is 49.1 Å². The van der Waals surface area contributed by atoms with E-state index in [-0.39, 0.29) is 12.4 Å². The first kappa shape index (κ1) is 13.9. The van der Waals surface area contributed by atoms with Crippen LogP contribution in [0.3, 0.4) is 0 Å². The van der Waals surface area contributed by atoms with E-state index in [1.807, 2.05) is 6.33 Å². The molecule has 2 unspecified atom stereocenters. The molecule has 3 nitrogen and oxygen atoms in total. The standard InChI is InChI=1S/C16H21N3.ClH/c1-2-3-4-19-9-14-15(18-10-19)6-13-11-5-12(16(13)14)8-17-7-11;/h6,9-12,17H,2-5,7-8H2,1H3;1H. The Balaban J connectivity index is 0.00000121. The molecule has 4 heteroatoms. The number of aryl methyl sites for hydroxylation is 1. The van der Waals surface area contributed by atoms with Gasteiger partial charge in [0.2, 0.25) is 0 Å². The third kappa shape index (κ3) is 2.04. The molecular weight excluding hydrogens is 270 g/mol. The number of hydrogen-bond donors (Lipinski definition) is 1. The molecule has 2 atom stereocenters. The van der Waals surface area contributed by atoms with E-state index in [2.05, 4.69) is 34.1 Å². The van der Waals surface area contributed by atoms with Gasteiger partial charge in [0.25, 0.3) is 0 Å². The number of unbranched alkanes of at least 4 members (excludes halogenated alkanes) is 1. The van der Waals surface area contributed by atoms with Gasteiger partial charge in [-0.05, 0) is 41.9 Å². The van der Waals surface area contributed by atoms with Gasteiger partial charge in [-0.15, -0.1) is 12.4 Å². The second kappa shape index (κ2) is 5.38. The third-order valence-electron chi connectivity index (χ3n) is 4.78. The lowest BCUT2D eigenvalue weighted by molar-refractivity contribution is 0.453. The molecule has 0 spiro atoms. The van der Waals surface area contributed by atoms with Crippen LogP contribution in [0, 0.1) is 0 Å². The molecule has 2 bridgehead atoms. The maximum Gasteiger partial charge on any atom is 0.0952 e. The molecule has 0 amide bonds. The molecule has 0 radical (unpaired) electrons. The Morgan fingerprint density at radius 2 is 2.20 bits per heavy atom. The van der Waals surface area contributed by atoms with E-state index >= 15 is 0 Å². The van der Waals surface area contributed by atoms with Gasteiger partial charge < -0.3 is 9.88 Å². The van der Waals surface area contributed by atoms with Crippen LogP contribution in [0.15, 0.2) is 18.6 Å². The first-order valence-electron chi connectivity index (χ1n) is 7.56. The molecule has 4 rings (SSSR count). The number of fused-ring (bicyclic) bond motifs is 7. The lowest BCUT2D eigenvalue weighted by Gasteiger charge is -2.21. The highest BCUT2D eigenvalue weighted by atomic mass is 35.5. The average molecular weight is 292 g/mol. The van der Waals surface area contributed by atoms with Crippen molar-refractivity contribution in [2.45, 2.75) is 44.6 Å². The fourth-order valence-corrected chi connectivity index (χ4v) is 3.83. The zero-order valence-electron chi connectivity index (χ0n) is 11.9. The second-order valence-electron chi connectivity index (χ2n) is 6.07. The quantitative estimate of drug-likeness (QED) is 0.939. The second-order valence-corrected chi connectivity index (χ2v) is 6.07. The summed E-state index contributed by atoms with van der Waals surface area (Å²) in [6.45, 7) is 5.62. The Labute approximate surface area is 126 Å². The number of nitrogens with zero attached hydrogens (tertiary/aromatic N) is 2. The molecule has 1 saturated heterocycles. The molecule has 2 aliphatic carbocycles. The Morgan fingerprint density at radius 3 is 3.05 bits per heavy atom. The SMILES string of the molecule is CCCCn1cnc2cc3c(c-2c1)C1CNCC3C1.Cl. The largest absolute Gasteiger partial charge is 0.338 e. The summed E-state index contributed by atoms with van der Waals surface area (Å²) in [7, 11) is 0. The summed E-state index contributed by atoms with van der Waals surface area (Å²) in [6.07, 6.45) is 8.14. The van der Waals surface area contributed by atoms with Crippen LogP contribution in [0.4, 0.5) is 0 Å². The number of aromatic nitrogens is 2. The summed E-state index contributed by atoms with van der Waals surface area (Å²) < 4.78 is 2.27. The van der Waals surface area contributed by atoms with Crippen molar-refractivity contribution in [1.82, 2.24) is 14.9 Å². The molecule has 2 heterocycles. The van der Waals surface area contributed by atoms with Crippen molar-refractivity contribution < 1.29 is 0 Å². The van der Waals surface area contributed by atoms with E-state index in [0.29, 0.717) is 0 Å². The first-order valence-corrected chi connectivity index (χ1v) is 7.56. The highest BCUT2D eigenvalue weighted by molar-refractivity contribution is 5.85. The van der Waals surface area contributed by atoms with Crippen molar-refractivity contribution in [3.05, 3.63) is 29.7 Å². The summed E-state index contributed by atoms with van der Waals surface area (Å²) in [5, 5.41) is 3.57. The lowest BCUT2D eigenvalue weighted by atomic mass is 9.95. The maximum absolute atomic E-state index is 4.67. The summed E-state index contributed by atoms with van der Waals surface area (Å²) in [5.74, 6) is 1.45. The Hall–Kier alpha value is -1.06. The molecule has 0 aromatic rings. The zero-order valence-corrected chi connectivity index (χ0v) is 12.7. The molecule has 0 saturated carbocycles. The number of rotatable bonds is 3. The summed E-state index contributed by atoms with van der Waals surface area (Å²) in [4.78, 5) is 4.67. The molecule has 4 aliphatic rings. The third-order valence-corrected chi connectivity index (χ3v) is 4.78. The van der Waals surface area contributed by atoms with E-state index in [1.165, 1.54) is 30.5 Å². The highest BCUT2D eigenvalue weighted by Crippen LogP contribution is 2.50. The number of halogens is 1. The number of hydrogen-bond acceptors (Lipinski definition) is 2. The van der Waals surface area contributed by atoms with Gasteiger partial charge in [-0.1, -0.05) is 13.3 Å². The number of piperidine rings is 1. The normalized spacial score (nSPS) is 23.6. The van der Waals surface area contributed by atoms with E-state index in [1.54, 1.807) is 11.1 Å². The van der Waals surface area contributed by atoms with Gasteiger partial charge in [-0.25, -0.2) is 4.98 Å². The average Bonchev–Trinajstić information content (AvgIpc) is 2.93. The van der Waals surface area contributed by atoms with E-state index in [9.17, 15) is 0 Å². The summed E-state index contributed by atoms with van der Waals surface area (Å²) in [6, 6.07) is 2.34. The van der Waals surface area contributed by atoms with Crippen LogP contribution in [0.25, 0.3) is 11.3 Å².